The van der Waals surface area contributed by atoms with E-state index in [0.717, 1.165) is 46.6 Å². The van der Waals surface area contributed by atoms with Crippen molar-refractivity contribution in [3.05, 3.63) is 71.8 Å². The second-order valence-corrected chi connectivity index (χ2v) is 8.38. The molecule has 0 aromatic heterocycles. The van der Waals surface area contributed by atoms with Crippen LogP contribution in [0.15, 0.2) is 60.7 Å². The van der Waals surface area contributed by atoms with E-state index in [0.29, 0.717) is 13.2 Å². The summed E-state index contributed by atoms with van der Waals surface area (Å²) in [4.78, 5) is 3.22. The Labute approximate surface area is 184 Å². The highest BCUT2D eigenvalue weighted by atomic mass is 32.1. The van der Waals surface area contributed by atoms with Gasteiger partial charge in [0.2, 0.25) is 0 Å². The smallest absolute Gasteiger partial charge is 0.161 e. The number of likely N-dealkylation sites (tertiary alicyclic amines) is 1. The first-order valence-electron chi connectivity index (χ1n) is 10.8. The number of thiocarbonyl (C=S) groups is 1. The summed E-state index contributed by atoms with van der Waals surface area (Å²) < 4.78 is 12.1. The molecular formula is C26H29NO2S. The average Bonchev–Trinajstić information content (AvgIpc) is 2.78. The molecule has 3 aromatic rings. The topological polar surface area (TPSA) is 21.7 Å². The van der Waals surface area contributed by atoms with Crippen molar-refractivity contribution in [3.8, 4) is 11.5 Å². The Morgan fingerprint density at radius 3 is 2.53 bits per heavy atom. The quantitative estimate of drug-likeness (QED) is 0.442. The Morgan fingerprint density at radius 2 is 1.73 bits per heavy atom. The second kappa shape index (κ2) is 9.48. The molecule has 0 aliphatic carbocycles. The summed E-state index contributed by atoms with van der Waals surface area (Å²) in [6, 6.07) is 20.8. The van der Waals surface area contributed by atoms with Crippen molar-refractivity contribution in [2.75, 3.05) is 19.7 Å². The van der Waals surface area contributed by atoms with Crippen LogP contribution in [-0.4, -0.2) is 29.6 Å². The zero-order valence-electron chi connectivity index (χ0n) is 17.8. The monoisotopic (exact) mass is 419 g/mol. The predicted octanol–water partition coefficient (Wildman–Crippen LogP) is 6.22. The first-order valence-corrected chi connectivity index (χ1v) is 11.2. The van der Waals surface area contributed by atoms with Crippen LogP contribution in [0, 0.1) is 5.92 Å². The maximum Gasteiger partial charge on any atom is 0.161 e. The van der Waals surface area contributed by atoms with Crippen molar-refractivity contribution in [2.45, 2.75) is 33.3 Å². The molecule has 0 bridgehead atoms. The molecule has 1 saturated heterocycles. The van der Waals surface area contributed by atoms with Crippen molar-refractivity contribution >= 4 is 28.0 Å². The molecule has 156 valence electrons. The zero-order valence-corrected chi connectivity index (χ0v) is 18.6. The lowest BCUT2D eigenvalue weighted by Crippen LogP contribution is -2.37. The summed E-state index contributed by atoms with van der Waals surface area (Å²) in [5, 5.41) is 2.44. The molecule has 0 radical (unpaired) electrons. The molecule has 3 aromatic carbocycles. The summed E-state index contributed by atoms with van der Waals surface area (Å²) in [6.45, 7) is 7.45. The minimum atomic E-state index is 0.495. The van der Waals surface area contributed by atoms with Gasteiger partial charge in [-0.15, -0.1) is 0 Å². The van der Waals surface area contributed by atoms with Crippen LogP contribution in [0.1, 0.15) is 37.8 Å². The van der Waals surface area contributed by atoms with Crippen LogP contribution in [-0.2, 0) is 6.61 Å². The van der Waals surface area contributed by atoms with Crippen molar-refractivity contribution in [2.24, 2.45) is 5.92 Å². The van der Waals surface area contributed by atoms with E-state index in [1.165, 1.54) is 23.6 Å². The van der Waals surface area contributed by atoms with E-state index in [4.69, 9.17) is 21.7 Å². The van der Waals surface area contributed by atoms with Crippen molar-refractivity contribution in [1.82, 2.24) is 4.90 Å². The molecule has 1 aliphatic heterocycles. The van der Waals surface area contributed by atoms with E-state index in [1.807, 2.05) is 19.1 Å². The lowest BCUT2D eigenvalue weighted by molar-refractivity contribution is 0.269. The van der Waals surface area contributed by atoms with Crippen molar-refractivity contribution < 1.29 is 9.47 Å². The van der Waals surface area contributed by atoms with Gasteiger partial charge in [0.05, 0.1) is 6.61 Å². The van der Waals surface area contributed by atoms with E-state index in [9.17, 15) is 0 Å². The van der Waals surface area contributed by atoms with E-state index in [2.05, 4.69) is 60.4 Å². The number of benzene rings is 3. The van der Waals surface area contributed by atoms with E-state index in [-0.39, 0.29) is 0 Å². The maximum absolute atomic E-state index is 6.20. The van der Waals surface area contributed by atoms with Gasteiger partial charge in [0, 0.05) is 18.7 Å². The number of ether oxygens (including phenoxy) is 2. The molecule has 0 spiro atoms. The lowest BCUT2D eigenvalue weighted by atomic mass is 9.99. The molecule has 30 heavy (non-hydrogen) atoms. The fourth-order valence-corrected chi connectivity index (χ4v) is 4.31. The molecule has 4 rings (SSSR count). The van der Waals surface area contributed by atoms with E-state index < -0.39 is 0 Å². The van der Waals surface area contributed by atoms with Crippen LogP contribution in [0.3, 0.4) is 0 Å². The van der Waals surface area contributed by atoms with Gasteiger partial charge in [0.25, 0.3) is 0 Å². The van der Waals surface area contributed by atoms with Gasteiger partial charge in [-0.05, 0) is 60.2 Å². The third kappa shape index (κ3) is 4.59. The Bertz CT molecular complexity index is 1020. The Kier molecular flexibility index (Phi) is 6.53. The van der Waals surface area contributed by atoms with E-state index in [1.54, 1.807) is 0 Å². The van der Waals surface area contributed by atoms with Gasteiger partial charge < -0.3 is 14.4 Å². The van der Waals surface area contributed by atoms with Gasteiger partial charge >= 0.3 is 0 Å². The third-order valence-electron chi connectivity index (χ3n) is 5.82. The molecule has 0 atom stereocenters. The fraction of sp³-hybridized carbons (Fsp3) is 0.346. The van der Waals surface area contributed by atoms with Gasteiger partial charge in [-0.2, -0.15) is 0 Å². The Balaban J connectivity index is 1.52. The molecular weight excluding hydrogens is 390 g/mol. The molecule has 1 heterocycles. The highest BCUT2D eigenvalue weighted by Crippen LogP contribution is 2.31. The normalized spacial score (nSPS) is 14.7. The minimum Gasteiger partial charge on any atom is -0.490 e. The summed E-state index contributed by atoms with van der Waals surface area (Å²) in [5.74, 6) is 2.29. The van der Waals surface area contributed by atoms with Crippen LogP contribution in [0.2, 0.25) is 0 Å². The molecule has 0 amide bonds. The van der Waals surface area contributed by atoms with Gasteiger partial charge in [-0.25, -0.2) is 0 Å². The molecule has 1 fully saturated rings. The standard InChI is InChI=1S/C26H29NO2S/c1-3-28-25-17-21(26(30)27-15-13-19(2)14-16-27)11-12-24(25)29-18-22-9-6-8-20-7-4-5-10-23(20)22/h4-12,17,19H,3,13-16,18H2,1-2H3. The summed E-state index contributed by atoms with van der Waals surface area (Å²) in [6.07, 6.45) is 2.40. The van der Waals surface area contributed by atoms with Crippen LogP contribution < -0.4 is 9.47 Å². The number of hydrogen-bond acceptors (Lipinski definition) is 3. The highest BCUT2D eigenvalue weighted by molar-refractivity contribution is 7.80. The first-order chi connectivity index (χ1) is 14.7. The van der Waals surface area contributed by atoms with Gasteiger partial charge in [0.15, 0.2) is 11.5 Å². The summed E-state index contributed by atoms with van der Waals surface area (Å²) in [5.41, 5.74) is 2.19. The number of hydrogen-bond donors (Lipinski definition) is 0. The second-order valence-electron chi connectivity index (χ2n) is 8.00. The van der Waals surface area contributed by atoms with Crippen LogP contribution in [0.4, 0.5) is 0 Å². The van der Waals surface area contributed by atoms with Crippen LogP contribution in [0.25, 0.3) is 10.8 Å². The van der Waals surface area contributed by atoms with E-state index >= 15 is 0 Å². The van der Waals surface area contributed by atoms with Crippen LogP contribution >= 0.6 is 12.2 Å². The molecule has 0 saturated carbocycles. The number of nitrogens with zero attached hydrogens (tertiary/aromatic N) is 1. The Hall–Kier alpha value is -2.59. The SMILES string of the molecule is CCOc1cc(C(=S)N2CCC(C)CC2)ccc1OCc1cccc2ccccc12. The number of rotatable bonds is 6. The Morgan fingerprint density at radius 1 is 0.967 bits per heavy atom. The lowest BCUT2D eigenvalue weighted by Gasteiger charge is -2.32. The molecule has 0 N–H and O–H groups in total. The molecule has 0 unspecified atom stereocenters. The first kappa shape index (κ1) is 20.7. The average molecular weight is 420 g/mol. The fourth-order valence-electron chi connectivity index (χ4n) is 4.00. The summed E-state index contributed by atoms with van der Waals surface area (Å²) in [7, 11) is 0. The van der Waals surface area contributed by atoms with Gasteiger partial charge in [-0.3, -0.25) is 0 Å². The number of piperidine rings is 1. The van der Waals surface area contributed by atoms with Crippen LogP contribution in [0.5, 0.6) is 11.5 Å². The third-order valence-corrected chi connectivity index (χ3v) is 6.32. The predicted molar refractivity (Wildman–Crippen MR) is 128 cm³/mol. The van der Waals surface area contributed by atoms with Crippen molar-refractivity contribution in [3.63, 3.8) is 0 Å². The largest absolute Gasteiger partial charge is 0.490 e. The molecule has 4 heteroatoms. The van der Waals surface area contributed by atoms with Crippen molar-refractivity contribution in [1.29, 1.82) is 0 Å². The molecule has 1 aliphatic rings. The zero-order chi connectivity index (χ0) is 20.9. The number of fused-ring (bicyclic) bond motifs is 1. The van der Waals surface area contributed by atoms with Gasteiger partial charge in [0.1, 0.15) is 11.6 Å². The molecule has 3 nitrogen and oxygen atoms in total. The highest BCUT2D eigenvalue weighted by Gasteiger charge is 2.20. The van der Waals surface area contributed by atoms with Gasteiger partial charge in [-0.1, -0.05) is 61.6 Å². The minimum absolute atomic E-state index is 0.495. The summed E-state index contributed by atoms with van der Waals surface area (Å²) >= 11 is 5.79. The maximum atomic E-state index is 6.20.